The lowest BCUT2D eigenvalue weighted by Crippen LogP contribution is -2.50. The van der Waals surface area contributed by atoms with Crippen LogP contribution >= 0.6 is 0 Å². The van der Waals surface area contributed by atoms with Crippen LogP contribution in [0.15, 0.2) is 12.3 Å². The second kappa shape index (κ2) is 6.78. The van der Waals surface area contributed by atoms with Crippen molar-refractivity contribution in [3.63, 3.8) is 0 Å². The van der Waals surface area contributed by atoms with E-state index in [2.05, 4.69) is 4.98 Å². The van der Waals surface area contributed by atoms with Gasteiger partial charge >= 0.3 is 13.1 Å². The van der Waals surface area contributed by atoms with Crippen LogP contribution in [0.4, 0.5) is 0 Å². The Morgan fingerprint density at radius 3 is 2.30 bits per heavy atom. The summed E-state index contributed by atoms with van der Waals surface area (Å²) in [4.78, 5) is 16.2. The molecule has 0 bridgehead atoms. The Morgan fingerprint density at radius 2 is 1.89 bits per heavy atom. The van der Waals surface area contributed by atoms with Crippen molar-refractivity contribution in [3.8, 4) is 5.88 Å². The highest BCUT2D eigenvalue weighted by molar-refractivity contribution is 6.62. The lowest BCUT2D eigenvalue weighted by atomic mass is 9.64. The van der Waals surface area contributed by atoms with E-state index in [1.54, 1.807) is 6.20 Å². The van der Waals surface area contributed by atoms with Crippen molar-refractivity contribution in [3.05, 3.63) is 17.8 Å². The van der Waals surface area contributed by atoms with Crippen molar-refractivity contribution in [2.24, 2.45) is 5.41 Å². The third-order valence-corrected chi connectivity index (χ3v) is 6.56. The summed E-state index contributed by atoms with van der Waals surface area (Å²) in [5, 5.41) is 9.67. The molecule has 1 aromatic heterocycles. The van der Waals surface area contributed by atoms with Gasteiger partial charge in [0.05, 0.1) is 11.2 Å². The van der Waals surface area contributed by atoms with Gasteiger partial charge in [0.25, 0.3) is 0 Å². The Hall–Kier alpha value is -1.60. The molecule has 1 aromatic rings. The molecule has 1 atom stereocenters. The van der Waals surface area contributed by atoms with Gasteiger partial charge in [-0.15, -0.1) is 0 Å². The molecule has 1 aliphatic carbocycles. The molecule has 6 nitrogen and oxygen atoms in total. The van der Waals surface area contributed by atoms with Gasteiger partial charge in [-0.3, -0.25) is 4.79 Å². The largest absolute Gasteiger partial charge is 0.496 e. The quantitative estimate of drug-likeness (QED) is 0.770. The predicted octanol–water partition coefficient (Wildman–Crippen LogP) is 3.10. The minimum atomic E-state index is -0.783. The summed E-state index contributed by atoms with van der Waals surface area (Å²) >= 11 is 0. The average molecular weight is 375 g/mol. The first kappa shape index (κ1) is 20.1. The highest BCUT2D eigenvalue weighted by Crippen LogP contribution is 2.46. The molecule has 3 rings (SSSR count). The Morgan fingerprint density at radius 1 is 1.30 bits per heavy atom. The Bertz CT molecular complexity index is 713. The number of aliphatic carboxylic acids is 1. The number of hydrogen-bond donors (Lipinski definition) is 1. The van der Waals surface area contributed by atoms with Gasteiger partial charge in [0.2, 0.25) is 5.88 Å². The van der Waals surface area contributed by atoms with Crippen LogP contribution in [0.25, 0.3) is 0 Å². The van der Waals surface area contributed by atoms with Crippen LogP contribution in [0.1, 0.15) is 65.9 Å². The van der Waals surface area contributed by atoms with Crippen LogP contribution in [-0.4, -0.2) is 40.5 Å². The topological polar surface area (TPSA) is 77.9 Å². The minimum Gasteiger partial charge on any atom is -0.481 e. The van der Waals surface area contributed by atoms with Gasteiger partial charge in [-0.25, -0.2) is 4.98 Å². The first-order chi connectivity index (χ1) is 12.5. The molecule has 1 saturated carbocycles. The van der Waals surface area contributed by atoms with Crippen molar-refractivity contribution in [1.29, 1.82) is 0 Å². The second-order valence-electron chi connectivity index (χ2n) is 8.80. The van der Waals surface area contributed by atoms with Crippen LogP contribution in [0.5, 0.6) is 5.88 Å². The molecule has 0 spiro atoms. The standard InChI is InChI=1S/C20H30BNO5/c1-7-15(20(17(23)24)9-8-10-20)25-16-11-13(2)14(12-22-16)21-26-18(3,4)19(5,6)27-21/h11-12,15H,7-10H2,1-6H3,(H,23,24). The number of carboxylic acids is 1. The van der Waals surface area contributed by atoms with Gasteiger partial charge in [0, 0.05) is 17.7 Å². The van der Waals surface area contributed by atoms with Crippen molar-refractivity contribution in [2.45, 2.75) is 84.5 Å². The van der Waals surface area contributed by atoms with E-state index in [-0.39, 0.29) is 6.10 Å². The fraction of sp³-hybridized carbons (Fsp3) is 0.700. The van der Waals surface area contributed by atoms with Crippen LogP contribution in [0.3, 0.4) is 0 Å². The molecule has 1 N–H and O–H groups in total. The molecule has 0 aromatic carbocycles. The maximum Gasteiger partial charge on any atom is 0.496 e. The Labute approximate surface area is 161 Å². The second-order valence-corrected chi connectivity index (χ2v) is 8.80. The molecule has 2 aliphatic rings. The smallest absolute Gasteiger partial charge is 0.481 e. The third-order valence-electron chi connectivity index (χ3n) is 6.56. The van der Waals surface area contributed by atoms with Gasteiger partial charge in [0.15, 0.2) is 0 Å². The lowest BCUT2D eigenvalue weighted by molar-refractivity contribution is -0.164. The monoisotopic (exact) mass is 375 g/mol. The first-order valence-corrected chi connectivity index (χ1v) is 9.74. The zero-order valence-electron chi connectivity index (χ0n) is 17.2. The summed E-state index contributed by atoms with van der Waals surface area (Å²) in [5.74, 6) is -0.321. The summed E-state index contributed by atoms with van der Waals surface area (Å²) in [5.41, 5.74) is 0.210. The molecular formula is C20H30BNO5. The molecule has 148 valence electrons. The van der Waals surface area contributed by atoms with E-state index >= 15 is 0 Å². The normalized spacial score (nSPS) is 23.6. The number of aromatic nitrogens is 1. The Kier molecular flexibility index (Phi) is 5.06. The SMILES string of the molecule is CCC(Oc1cc(C)c(B2OC(C)(C)C(C)(C)O2)cn1)C1(C(=O)O)CCC1. The highest BCUT2D eigenvalue weighted by Gasteiger charge is 2.53. The summed E-state index contributed by atoms with van der Waals surface area (Å²) in [7, 11) is -0.476. The van der Waals surface area contributed by atoms with Gasteiger partial charge in [-0.2, -0.15) is 0 Å². The number of pyridine rings is 1. The van der Waals surface area contributed by atoms with E-state index in [0.717, 1.165) is 17.4 Å². The summed E-state index contributed by atoms with van der Waals surface area (Å²) in [6.45, 7) is 12.0. The number of hydrogen-bond acceptors (Lipinski definition) is 5. The molecule has 2 heterocycles. The molecule has 0 radical (unpaired) electrons. The van der Waals surface area contributed by atoms with Crippen molar-refractivity contribution in [1.82, 2.24) is 4.98 Å². The van der Waals surface area contributed by atoms with E-state index in [4.69, 9.17) is 14.0 Å². The van der Waals surface area contributed by atoms with Gasteiger partial charge in [-0.1, -0.05) is 13.3 Å². The van der Waals surface area contributed by atoms with Crippen LogP contribution in [-0.2, 0) is 14.1 Å². The number of carbonyl (C=O) groups is 1. The minimum absolute atomic E-state index is 0.377. The van der Waals surface area contributed by atoms with Gasteiger partial charge < -0.3 is 19.2 Å². The van der Waals surface area contributed by atoms with Crippen LogP contribution < -0.4 is 10.2 Å². The molecule has 27 heavy (non-hydrogen) atoms. The van der Waals surface area contributed by atoms with E-state index in [1.807, 2.05) is 47.6 Å². The predicted molar refractivity (Wildman–Crippen MR) is 103 cm³/mol. The fourth-order valence-corrected chi connectivity index (χ4v) is 3.79. The van der Waals surface area contributed by atoms with E-state index in [0.29, 0.717) is 25.1 Å². The summed E-state index contributed by atoms with van der Waals surface area (Å²) in [6.07, 6.45) is 4.22. The van der Waals surface area contributed by atoms with Crippen molar-refractivity contribution in [2.75, 3.05) is 0 Å². The van der Waals surface area contributed by atoms with Crippen molar-refractivity contribution < 1.29 is 23.9 Å². The number of carboxylic acid groups (broad SMARTS) is 1. The molecule has 1 saturated heterocycles. The third kappa shape index (κ3) is 3.36. The van der Waals surface area contributed by atoms with Gasteiger partial charge in [-0.05, 0) is 59.4 Å². The van der Waals surface area contributed by atoms with Crippen molar-refractivity contribution >= 4 is 18.6 Å². The first-order valence-electron chi connectivity index (χ1n) is 9.74. The zero-order chi connectivity index (χ0) is 20.0. The Balaban J connectivity index is 1.78. The lowest BCUT2D eigenvalue weighted by Gasteiger charge is -2.43. The van der Waals surface area contributed by atoms with Gasteiger partial charge in [0.1, 0.15) is 11.5 Å². The van der Waals surface area contributed by atoms with E-state index < -0.39 is 29.7 Å². The number of rotatable bonds is 6. The highest BCUT2D eigenvalue weighted by atomic mass is 16.7. The maximum atomic E-state index is 11.8. The van der Waals surface area contributed by atoms with E-state index in [9.17, 15) is 9.90 Å². The number of aryl methyl sites for hydroxylation is 1. The average Bonchev–Trinajstić information content (AvgIpc) is 2.72. The molecule has 1 unspecified atom stereocenters. The molecule has 2 fully saturated rings. The maximum absolute atomic E-state index is 11.8. The van der Waals surface area contributed by atoms with E-state index in [1.165, 1.54) is 0 Å². The molecular weight excluding hydrogens is 345 g/mol. The fourth-order valence-electron chi connectivity index (χ4n) is 3.79. The molecule has 1 aliphatic heterocycles. The molecule has 7 heteroatoms. The summed E-state index contributed by atoms with van der Waals surface area (Å²) in [6, 6.07) is 1.84. The van der Waals surface area contributed by atoms with Crippen LogP contribution in [0, 0.1) is 12.3 Å². The van der Waals surface area contributed by atoms with Crippen LogP contribution in [0.2, 0.25) is 0 Å². The molecule has 0 amide bonds. The number of nitrogens with zero attached hydrogens (tertiary/aromatic N) is 1. The summed E-state index contributed by atoms with van der Waals surface area (Å²) < 4.78 is 18.2. The zero-order valence-corrected chi connectivity index (χ0v) is 17.2. The number of ether oxygens (including phenoxy) is 1.